The van der Waals surface area contributed by atoms with Gasteiger partial charge in [0, 0.05) is 19.5 Å². The monoisotopic (exact) mass is 322 g/mol. The van der Waals surface area contributed by atoms with E-state index in [-0.39, 0.29) is 17.9 Å². The van der Waals surface area contributed by atoms with E-state index in [0.717, 1.165) is 18.1 Å². The molecule has 0 aromatic carbocycles. The molecule has 2 fully saturated rings. The zero-order chi connectivity index (χ0) is 15.5. The third-order valence-electron chi connectivity index (χ3n) is 4.61. The summed E-state index contributed by atoms with van der Waals surface area (Å²) in [5.74, 6) is 0.639. The van der Waals surface area contributed by atoms with Crippen LogP contribution >= 0.6 is 11.5 Å². The average molecular weight is 322 g/mol. The van der Waals surface area contributed by atoms with Crippen molar-refractivity contribution in [2.75, 3.05) is 13.1 Å². The van der Waals surface area contributed by atoms with Crippen LogP contribution in [0.3, 0.4) is 0 Å². The first-order chi connectivity index (χ1) is 10.6. The fourth-order valence-electron chi connectivity index (χ4n) is 3.42. The van der Waals surface area contributed by atoms with Gasteiger partial charge in [-0.25, -0.2) is 0 Å². The van der Waals surface area contributed by atoms with Crippen molar-refractivity contribution < 1.29 is 9.59 Å². The second-order valence-corrected chi connectivity index (χ2v) is 7.12. The van der Waals surface area contributed by atoms with E-state index in [1.807, 2.05) is 4.90 Å². The van der Waals surface area contributed by atoms with Gasteiger partial charge >= 0.3 is 0 Å². The fourth-order valence-corrected chi connectivity index (χ4v) is 3.98. The standard InChI is InChI=1S/C15H22N4O2S/c1-10-14(22-18-17-10)15(21)16-12-7-13(20)19(9-12)8-11-5-3-2-4-6-11/h11-12H,2-9H2,1H3,(H,16,21)/t12-/m0/s1. The van der Waals surface area contributed by atoms with Crippen molar-refractivity contribution in [2.45, 2.75) is 51.5 Å². The molecule has 6 nitrogen and oxygen atoms in total. The Hall–Kier alpha value is -1.50. The number of rotatable bonds is 4. The second-order valence-electron chi connectivity index (χ2n) is 6.36. The Morgan fingerprint density at radius 1 is 1.36 bits per heavy atom. The first-order valence-corrected chi connectivity index (χ1v) is 8.78. The molecule has 22 heavy (non-hydrogen) atoms. The SMILES string of the molecule is Cc1nnsc1C(=O)N[C@H]1CC(=O)N(CC2CCCCC2)C1. The van der Waals surface area contributed by atoms with Crippen LogP contribution in [0.4, 0.5) is 0 Å². The minimum atomic E-state index is -0.162. The molecule has 2 amide bonds. The first-order valence-electron chi connectivity index (χ1n) is 8.01. The molecule has 1 aliphatic carbocycles. The highest BCUT2D eigenvalue weighted by molar-refractivity contribution is 7.08. The molecule has 3 rings (SSSR count). The molecular weight excluding hydrogens is 300 g/mol. The molecule has 1 aromatic rings. The van der Waals surface area contributed by atoms with Crippen LogP contribution in [0.1, 0.15) is 53.9 Å². The summed E-state index contributed by atoms with van der Waals surface area (Å²) in [7, 11) is 0. The van der Waals surface area contributed by atoms with Crippen molar-refractivity contribution in [2.24, 2.45) is 5.92 Å². The Labute approximate surface area is 134 Å². The van der Waals surface area contributed by atoms with Gasteiger partial charge in [0.15, 0.2) is 0 Å². The molecule has 0 radical (unpaired) electrons. The lowest BCUT2D eigenvalue weighted by Gasteiger charge is -2.27. The van der Waals surface area contributed by atoms with Crippen LogP contribution in [0.25, 0.3) is 0 Å². The molecule has 0 unspecified atom stereocenters. The number of nitrogens with one attached hydrogen (secondary N) is 1. The average Bonchev–Trinajstić information content (AvgIpc) is 3.07. The minimum Gasteiger partial charge on any atom is -0.346 e. The number of carbonyl (C=O) groups excluding carboxylic acids is 2. The Morgan fingerprint density at radius 3 is 2.82 bits per heavy atom. The normalized spacial score (nSPS) is 23.0. The molecular formula is C15H22N4O2S. The highest BCUT2D eigenvalue weighted by atomic mass is 32.1. The van der Waals surface area contributed by atoms with Crippen LogP contribution in [0.5, 0.6) is 0 Å². The van der Waals surface area contributed by atoms with E-state index >= 15 is 0 Å². The molecule has 1 N–H and O–H groups in total. The lowest BCUT2D eigenvalue weighted by molar-refractivity contribution is -0.128. The highest BCUT2D eigenvalue weighted by Crippen LogP contribution is 2.26. The maximum atomic E-state index is 12.2. The molecule has 1 aliphatic heterocycles. The zero-order valence-electron chi connectivity index (χ0n) is 12.9. The molecule has 2 aliphatic rings. The van der Waals surface area contributed by atoms with E-state index in [9.17, 15) is 9.59 Å². The molecule has 7 heteroatoms. The van der Waals surface area contributed by atoms with Crippen LogP contribution in [-0.2, 0) is 4.79 Å². The van der Waals surface area contributed by atoms with Gasteiger partial charge in [-0.1, -0.05) is 23.8 Å². The van der Waals surface area contributed by atoms with Crippen LogP contribution < -0.4 is 5.32 Å². The minimum absolute atomic E-state index is 0.0925. The Balaban J connectivity index is 1.53. The molecule has 1 atom stereocenters. The first kappa shape index (κ1) is 15.4. The predicted octanol–water partition coefficient (Wildman–Crippen LogP) is 1.76. The number of aromatic nitrogens is 2. The maximum absolute atomic E-state index is 12.2. The molecule has 120 valence electrons. The molecule has 1 saturated heterocycles. The number of hydrogen-bond acceptors (Lipinski definition) is 5. The summed E-state index contributed by atoms with van der Waals surface area (Å²) in [6.07, 6.45) is 6.75. The Bertz CT molecular complexity index is 553. The molecule has 2 heterocycles. The van der Waals surface area contributed by atoms with Gasteiger partial charge in [-0.05, 0) is 37.2 Å². The van der Waals surface area contributed by atoms with Crippen LogP contribution in [0.15, 0.2) is 0 Å². The van der Waals surface area contributed by atoms with Crippen LogP contribution in [-0.4, -0.2) is 45.4 Å². The van der Waals surface area contributed by atoms with Gasteiger partial charge in [-0.15, -0.1) is 5.10 Å². The summed E-state index contributed by atoms with van der Waals surface area (Å²) in [6, 6.07) is -0.0925. The summed E-state index contributed by atoms with van der Waals surface area (Å²) in [5, 5.41) is 6.80. The predicted molar refractivity (Wildman–Crippen MR) is 83.7 cm³/mol. The smallest absolute Gasteiger partial charge is 0.265 e. The summed E-state index contributed by atoms with van der Waals surface area (Å²) < 4.78 is 3.78. The van der Waals surface area contributed by atoms with Crippen LogP contribution in [0.2, 0.25) is 0 Å². The highest BCUT2D eigenvalue weighted by Gasteiger charge is 2.32. The lowest BCUT2D eigenvalue weighted by atomic mass is 9.89. The third kappa shape index (κ3) is 3.45. The number of aryl methyl sites for hydroxylation is 1. The summed E-state index contributed by atoms with van der Waals surface area (Å²) >= 11 is 1.10. The second kappa shape index (κ2) is 6.73. The fraction of sp³-hybridized carbons (Fsp3) is 0.733. The van der Waals surface area contributed by atoms with Crippen LogP contribution in [0, 0.1) is 12.8 Å². The van der Waals surface area contributed by atoms with Crippen molar-refractivity contribution >= 4 is 23.3 Å². The van der Waals surface area contributed by atoms with E-state index < -0.39 is 0 Å². The maximum Gasteiger partial charge on any atom is 0.265 e. The summed E-state index contributed by atoms with van der Waals surface area (Å²) in [4.78, 5) is 26.8. The van der Waals surface area contributed by atoms with Gasteiger partial charge in [-0.3, -0.25) is 9.59 Å². The Kier molecular flexibility index (Phi) is 4.71. The molecule has 1 saturated carbocycles. The van der Waals surface area contributed by atoms with Gasteiger partial charge in [0.1, 0.15) is 4.88 Å². The molecule has 0 bridgehead atoms. The van der Waals surface area contributed by atoms with Gasteiger partial charge in [-0.2, -0.15) is 0 Å². The van der Waals surface area contributed by atoms with Gasteiger partial charge in [0.2, 0.25) is 5.91 Å². The number of carbonyl (C=O) groups is 2. The van der Waals surface area contributed by atoms with Crippen molar-refractivity contribution in [3.8, 4) is 0 Å². The third-order valence-corrected chi connectivity index (χ3v) is 5.44. The number of hydrogen-bond donors (Lipinski definition) is 1. The number of likely N-dealkylation sites (tertiary alicyclic amines) is 1. The molecule has 0 spiro atoms. The summed E-state index contributed by atoms with van der Waals surface area (Å²) in [5.41, 5.74) is 0.644. The quantitative estimate of drug-likeness (QED) is 0.916. The lowest BCUT2D eigenvalue weighted by Crippen LogP contribution is -2.38. The number of nitrogens with zero attached hydrogens (tertiary/aromatic N) is 3. The largest absolute Gasteiger partial charge is 0.346 e. The van der Waals surface area contributed by atoms with Gasteiger partial charge in [0.25, 0.3) is 5.91 Å². The van der Waals surface area contributed by atoms with E-state index in [4.69, 9.17) is 0 Å². The van der Waals surface area contributed by atoms with E-state index in [2.05, 4.69) is 14.9 Å². The van der Waals surface area contributed by atoms with E-state index in [0.29, 0.717) is 29.5 Å². The molecule has 1 aromatic heterocycles. The summed E-state index contributed by atoms with van der Waals surface area (Å²) in [6.45, 7) is 3.26. The van der Waals surface area contributed by atoms with Crippen molar-refractivity contribution in [1.29, 1.82) is 0 Å². The topological polar surface area (TPSA) is 75.2 Å². The van der Waals surface area contributed by atoms with Crippen molar-refractivity contribution in [1.82, 2.24) is 19.8 Å². The Morgan fingerprint density at radius 2 is 2.14 bits per heavy atom. The van der Waals surface area contributed by atoms with Gasteiger partial charge < -0.3 is 10.2 Å². The van der Waals surface area contributed by atoms with Crippen molar-refractivity contribution in [3.63, 3.8) is 0 Å². The number of amides is 2. The van der Waals surface area contributed by atoms with Crippen molar-refractivity contribution in [3.05, 3.63) is 10.6 Å². The van der Waals surface area contributed by atoms with E-state index in [1.54, 1.807) is 6.92 Å². The zero-order valence-corrected chi connectivity index (χ0v) is 13.7. The van der Waals surface area contributed by atoms with Gasteiger partial charge in [0.05, 0.1) is 11.7 Å². The van der Waals surface area contributed by atoms with E-state index in [1.165, 1.54) is 32.1 Å².